The zero-order valence-electron chi connectivity index (χ0n) is 12.7. The van der Waals surface area contributed by atoms with Gasteiger partial charge < -0.3 is 10.1 Å². The van der Waals surface area contributed by atoms with E-state index >= 15 is 0 Å². The van der Waals surface area contributed by atoms with Crippen molar-refractivity contribution in [3.05, 3.63) is 40.8 Å². The highest BCUT2D eigenvalue weighted by atomic mass is 32.1. The van der Waals surface area contributed by atoms with Crippen LogP contribution in [-0.4, -0.2) is 19.1 Å². The SMILES string of the molecule is CCCNc1scc(-c2ccc(C)cc2)c1C(=O)OCC. The molecule has 2 rings (SSSR count). The van der Waals surface area contributed by atoms with Gasteiger partial charge in [-0.05, 0) is 25.8 Å². The molecule has 0 aliphatic heterocycles. The number of carbonyl (C=O) groups is 1. The Hall–Kier alpha value is -1.81. The highest BCUT2D eigenvalue weighted by Gasteiger charge is 2.21. The van der Waals surface area contributed by atoms with Crippen LogP contribution in [0.5, 0.6) is 0 Å². The van der Waals surface area contributed by atoms with E-state index in [2.05, 4.69) is 31.3 Å². The van der Waals surface area contributed by atoms with Crippen LogP contribution in [0.2, 0.25) is 0 Å². The van der Waals surface area contributed by atoms with Gasteiger partial charge in [0.2, 0.25) is 0 Å². The summed E-state index contributed by atoms with van der Waals surface area (Å²) in [4.78, 5) is 12.3. The number of hydrogen-bond acceptors (Lipinski definition) is 4. The molecule has 0 spiro atoms. The lowest BCUT2D eigenvalue weighted by atomic mass is 10.0. The van der Waals surface area contributed by atoms with Gasteiger partial charge in [0, 0.05) is 17.5 Å². The van der Waals surface area contributed by atoms with Crippen LogP contribution in [0, 0.1) is 6.92 Å². The van der Waals surface area contributed by atoms with E-state index in [9.17, 15) is 4.79 Å². The third-order valence-corrected chi connectivity index (χ3v) is 4.11. The summed E-state index contributed by atoms with van der Waals surface area (Å²) in [5, 5.41) is 6.24. The number of ether oxygens (including phenoxy) is 1. The molecule has 1 N–H and O–H groups in total. The summed E-state index contributed by atoms with van der Waals surface area (Å²) in [5.41, 5.74) is 3.84. The number of rotatable bonds is 6. The van der Waals surface area contributed by atoms with Crippen LogP contribution in [0.4, 0.5) is 5.00 Å². The van der Waals surface area contributed by atoms with E-state index in [0.29, 0.717) is 12.2 Å². The molecule has 3 nitrogen and oxygen atoms in total. The molecule has 0 saturated heterocycles. The molecule has 0 saturated carbocycles. The quantitative estimate of drug-likeness (QED) is 0.785. The molecule has 0 amide bonds. The van der Waals surface area contributed by atoms with Gasteiger partial charge in [-0.2, -0.15) is 0 Å². The maximum absolute atomic E-state index is 12.3. The first kappa shape index (κ1) is 15.6. The summed E-state index contributed by atoms with van der Waals surface area (Å²) < 4.78 is 5.22. The highest BCUT2D eigenvalue weighted by molar-refractivity contribution is 7.15. The normalized spacial score (nSPS) is 10.4. The maximum Gasteiger partial charge on any atom is 0.341 e. The Morgan fingerprint density at radius 3 is 2.57 bits per heavy atom. The first-order valence-corrected chi connectivity index (χ1v) is 8.14. The minimum absolute atomic E-state index is 0.257. The number of anilines is 1. The van der Waals surface area contributed by atoms with Gasteiger partial charge in [0.1, 0.15) is 10.6 Å². The fourth-order valence-electron chi connectivity index (χ4n) is 2.08. The van der Waals surface area contributed by atoms with E-state index in [-0.39, 0.29) is 5.97 Å². The molecule has 0 aliphatic rings. The van der Waals surface area contributed by atoms with Gasteiger partial charge >= 0.3 is 5.97 Å². The number of aryl methyl sites for hydroxylation is 1. The van der Waals surface area contributed by atoms with Gasteiger partial charge in [0.05, 0.1) is 6.61 Å². The van der Waals surface area contributed by atoms with Gasteiger partial charge in [-0.15, -0.1) is 11.3 Å². The highest BCUT2D eigenvalue weighted by Crippen LogP contribution is 2.36. The van der Waals surface area contributed by atoms with Gasteiger partial charge in [0.25, 0.3) is 0 Å². The average Bonchev–Trinajstić information content (AvgIpc) is 2.90. The summed E-state index contributed by atoms with van der Waals surface area (Å²) >= 11 is 1.56. The number of benzene rings is 1. The molecule has 0 unspecified atom stereocenters. The molecule has 1 heterocycles. The van der Waals surface area contributed by atoms with Crippen LogP contribution in [0.15, 0.2) is 29.6 Å². The zero-order valence-corrected chi connectivity index (χ0v) is 13.5. The average molecular weight is 303 g/mol. The lowest BCUT2D eigenvalue weighted by Gasteiger charge is -2.09. The van der Waals surface area contributed by atoms with E-state index < -0.39 is 0 Å². The van der Waals surface area contributed by atoms with Crippen LogP contribution < -0.4 is 5.32 Å². The summed E-state index contributed by atoms with van der Waals surface area (Å²) in [5.74, 6) is -0.257. The second kappa shape index (κ2) is 7.27. The molecule has 112 valence electrons. The van der Waals surface area contributed by atoms with Crippen LogP contribution in [-0.2, 0) is 4.74 Å². The molecule has 2 aromatic rings. The van der Waals surface area contributed by atoms with Crippen molar-refractivity contribution in [3.63, 3.8) is 0 Å². The largest absolute Gasteiger partial charge is 0.462 e. The van der Waals surface area contributed by atoms with E-state index in [1.807, 2.05) is 24.4 Å². The molecule has 0 bridgehead atoms. The molecular formula is C17H21NO2S. The number of thiophene rings is 1. The van der Waals surface area contributed by atoms with Crippen molar-refractivity contribution in [3.8, 4) is 11.1 Å². The second-order valence-electron chi connectivity index (χ2n) is 4.87. The molecule has 0 fully saturated rings. The Labute approximate surface area is 130 Å². The fourth-order valence-corrected chi connectivity index (χ4v) is 3.06. The molecule has 4 heteroatoms. The van der Waals surface area contributed by atoms with Crippen molar-refractivity contribution < 1.29 is 9.53 Å². The number of hydrogen-bond donors (Lipinski definition) is 1. The lowest BCUT2D eigenvalue weighted by molar-refractivity contribution is 0.0529. The van der Waals surface area contributed by atoms with Crippen molar-refractivity contribution in [1.29, 1.82) is 0 Å². The van der Waals surface area contributed by atoms with Crippen molar-refractivity contribution >= 4 is 22.3 Å². The first-order chi connectivity index (χ1) is 10.2. The summed E-state index contributed by atoms with van der Waals surface area (Å²) in [6.45, 7) is 7.22. The standard InChI is InChI=1S/C17H21NO2S/c1-4-10-18-16-15(17(19)20-5-2)14(11-21-16)13-8-6-12(3)7-9-13/h6-9,11,18H,4-5,10H2,1-3H3. The molecule has 1 aromatic carbocycles. The summed E-state index contributed by atoms with van der Waals surface area (Å²) in [7, 11) is 0. The summed E-state index contributed by atoms with van der Waals surface area (Å²) in [6, 6.07) is 8.20. The molecule has 21 heavy (non-hydrogen) atoms. The molecular weight excluding hydrogens is 282 g/mol. The predicted molar refractivity (Wildman–Crippen MR) is 89.2 cm³/mol. The third-order valence-electron chi connectivity index (χ3n) is 3.17. The minimum atomic E-state index is -0.257. The Kier molecular flexibility index (Phi) is 5.39. The molecule has 1 aromatic heterocycles. The zero-order chi connectivity index (χ0) is 15.2. The topological polar surface area (TPSA) is 38.3 Å². The van der Waals surface area contributed by atoms with Crippen molar-refractivity contribution in [1.82, 2.24) is 0 Å². The van der Waals surface area contributed by atoms with E-state index in [4.69, 9.17) is 4.74 Å². The molecule has 0 atom stereocenters. The van der Waals surface area contributed by atoms with Crippen molar-refractivity contribution in [2.24, 2.45) is 0 Å². The van der Waals surface area contributed by atoms with Gasteiger partial charge in [-0.25, -0.2) is 4.79 Å². The predicted octanol–water partition coefficient (Wildman–Crippen LogP) is 4.72. The van der Waals surface area contributed by atoms with E-state index in [1.165, 1.54) is 5.56 Å². The van der Waals surface area contributed by atoms with Crippen LogP contribution in [0.3, 0.4) is 0 Å². The Morgan fingerprint density at radius 2 is 1.95 bits per heavy atom. The van der Waals surface area contributed by atoms with Crippen LogP contribution in [0.1, 0.15) is 36.2 Å². The van der Waals surface area contributed by atoms with Gasteiger partial charge in [-0.1, -0.05) is 36.8 Å². The maximum atomic E-state index is 12.3. The van der Waals surface area contributed by atoms with Crippen LogP contribution >= 0.6 is 11.3 Å². The van der Waals surface area contributed by atoms with E-state index in [1.54, 1.807) is 11.3 Å². The lowest BCUT2D eigenvalue weighted by Crippen LogP contribution is -2.09. The Balaban J connectivity index is 2.42. The van der Waals surface area contributed by atoms with Gasteiger partial charge in [-0.3, -0.25) is 0 Å². The fraction of sp³-hybridized carbons (Fsp3) is 0.353. The molecule has 0 radical (unpaired) electrons. The van der Waals surface area contributed by atoms with Gasteiger partial charge in [0.15, 0.2) is 0 Å². The van der Waals surface area contributed by atoms with Crippen LogP contribution in [0.25, 0.3) is 11.1 Å². The third kappa shape index (κ3) is 3.64. The Bertz CT molecular complexity index is 602. The monoisotopic (exact) mass is 303 g/mol. The number of nitrogens with one attached hydrogen (secondary N) is 1. The smallest absolute Gasteiger partial charge is 0.341 e. The summed E-state index contributed by atoms with van der Waals surface area (Å²) in [6.07, 6.45) is 1.01. The Morgan fingerprint density at radius 1 is 1.24 bits per heavy atom. The van der Waals surface area contributed by atoms with Crippen molar-refractivity contribution in [2.45, 2.75) is 27.2 Å². The minimum Gasteiger partial charge on any atom is -0.462 e. The number of esters is 1. The van der Waals surface area contributed by atoms with E-state index in [0.717, 1.165) is 29.1 Å². The van der Waals surface area contributed by atoms with Crippen molar-refractivity contribution in [2.75, 3.05) is 18.5 Å². The number of carbonyl (C=O) groups excluding carboxylic acids is 1. The second-order valence-corrected chi connectivity index (χ2v) is 5.75. The molecule has 0 aliphatic carbocycles. The first-order valence-electron chi connectivity index (χ1n) is 7.26.